The summed E-state index contributed by atoms with van der Waals surface area (Å²) in [6, 6.07) is 5.90. The number of rotatable bonds is 3. The Kier molecular flexibility index (Phi) is 2.82. The maximum atomic E-state index is 9.70. The Balaban J connectivity index is 1.72. The zero-order chi connectivity index (χ0) is 11.7. The summed E-state index contributed by atoms with van der Waals surface area (Å²) < 4.78 is 5.67. The molecular formula is C13H13NO2S. The Labute approximate surface area is 104 Å². The molecule has 1 heterocycles. The van der Waals surface area contributed by atoms with Gasteiger partial charge in [0.05, 0.1) is 17.3 Å². The highest BCUT2D eigenvalue weighted by Crippen LogP contribution is 2.33. The van der Waals surface area contributed by atoms with Crippen molar-refractivity contribution in [2.24, 2.45) is 0 Å². The second-order valence-electron chi connectivity index (χ2n) is 4.18. The lowest BCUT2D eigenvalue weighted by molar-refractivity contribution is 0.180. The topological polar surface area (TPSA) is 42.4 Å². The van der Waals surface area contributed by atoms with Crippen molar-refractivity contribution in [2.75, 3.05) is 0 Å². The van der Waals surface area contributed by atoms with Crippen LogP contribution in [0.15, 0.2) is 29.1 Å². The third-order valence-corrected chi connectivity index (χ3v) is 3.67. The van der Waals surface area contributed by atoms with Crippen LogP contribution in [0.2, 0.25) is 0 Å². The molecule has 1 N–H and O–H groups in total. The van der Waals surface area contributed by atoms with Crippen LogP contribution in [0.25, 0.3) is 0 Å². The number of hydrogen-bond donors (Lipinski definition) is 1. The number of benzene rings is 1. The van der Waals surface area contributed by atoms with Crippen LogP contribution in [0.5, 0.6) is 5.75 Å². The molecule has 1 aliphatic rings. The minimum Gasteiger partial charge on any atom is -0.487 e. The van der Waals surface area contributed by atoms with Crippen LogP contribution >= 0.6 is 11.3 Å². The lowest BCUT2D eigenvalue weighted by Gasteiger charge is -2.07. The van der Waals surface area contributed by atoms with Crippen LogP contribution in [-0.2, 0) is 13.0 Å². The van der Waals surface area contributed by atoms with Gasteiger partial charge in [0, 0.05) is 5.38 Å². The van der Waals surface area contributed by atoms with Gasteiger partial charge >= 0.3 is 0 Å². The molecule has 4 heteroatoms. The monoisotopic (exact) mass is 247 g/mol. The van der Waals surface area contributed by atoms with Gasteiger partial charge in [0.1, 0.15) is 12.4 Å². The molecule has 0 saturated carbocycles. The Bertz CT molecular complexity index is 510. The maximum absolute atomic E-state index is 9.70. The van der Waals surface area contributed by atoms with E-state index in [0.29, 0.717) is 6.61 Å². The zero-order valence-corrected chi connectivity index (χ0v) is 10.1. The Morgan fingerprint density at radius 3 is 3.24 bits per heavy atom. The molecule has 0 aliphatic heterocycles. The first-order valence-corrected chi connectivity index (χ1v) is 6.58. The Morgan fingerprint density at radius 1 is 1.47 bits per heavy atom. The van der Waals surface area contributed by atoms with Crippen LogP contribution in [0, 0.1) is 0 Å². The predicted octanol–water partition coefficient (Wildman–Crippen LogP) is 2.70. The first-order chi connectivity index (χ1) is 8.33. The Morgan fingerprint density at radius 2 is 2.41 bits per heavy atom. The van der Waals surface area contributed by atoms with Crippen molar-refractivity contribution in [3.8, 4) is 5.75 Å². The smallest absolute Gasteiger partial charge is 0.131 e. The molecule has 1 aliphatic carbocycles. The summed E-state index contributed by atoms with van der Waals surface area (Å²) in [5.41, 5.74) is 5.01. The molecule has 2 aromatic rings. The first kappa shape index (κ1) is 10.7. The molecule has 0 saturated heterocycles. The van der Waals surface area contributed by atoms with E-state index in [9.17, 15) is 5.11 Å². The van der Waals surface area contributed by atoms with E-state index in [4.69, 9.17) is 4.74 Å². The highest BCUT2D eigenvalue weighted by atomic mass is 32.1. The number of aliphatic hydroxyl groups excluding tert-OH is 1. The van der Waals surface area contributed by atoms with E-state index in [1.807, 2.05) is 23.6 Å². The predicted molar refractivity (Wildman–Crippen MR) is 66.2 cm³/mol. The molecule has 0 radical (unpaired) electrons. The van der Waals surface area contributed by atoms with E-state index in [2.05, 4.69) is 4.98 Å². The number of aryl methyl sites for hydroxylation is 1. The summed E-state index contributed by atoms with van der Waals surface area (Å²) in [5.74, 6) is 0.853. The fourth-order valence-corrected chi connectivity index (χ4v) is 2.67. The molecule has 1 atom stereocenters. The molecule has 3 rings (SSSR count). The second-order valence-corrected chi connectivity index (χ2v) is 4.90. The van der Waals surface area contributed by atoms with E-state index >= 15 is 0 Å². The highest BCUT2D eigenvalue weighted by molar-refractivity contribution is 7.07. The Hall–Kier alpha value is -1.39. The van der Waals surface area contributed by atoms with Crippen molar-refractivity contribution >= 4 is 11.3 Å². The van der Waals surface area contributed by atoms with Crippen LogP contribution in [-0.4, -0.2) is 10.1 Å². The normalized spacial score (nSPS) is 18.1. The minimum absolute atomic E-state index is 0.294. The summed E-state index contributed by atoms with van der Waals surface area (Å²) in [7, 11) is 0. The van der Waals surface area contributed by atoms with Gasteiger partial charge in [0.15, 0.2) is 0 Å². The highest BCUT2D eigenvalue weighted by Gasteiger charge is 2.20. The van der Waals surface area contributed by atoms with E-state index in [1.54, 1.807) is 16.8 Å². The average molecular weight is 247 g/mol. The molecule has 1 aromatic heterocycles. The fourth-order valence-electron chi connectivity index (χ4n) is 2.13. The number of ether oxygens (including phenoxy) is 1. The van der Waals surface area contributed by atoms with E-state index in [1.165, 1.54) is 5.56 Å². The summed E-state index contributed by atoms with van der Waals surface area (Å²) in [4.78, 5) is 4.17. The van der Waals surface area contributed by atoms with Crippen LogP contribution in [0.1, 0.15) is 29.3 Å². The van der Waals surface area contributed by atoms with Crippen molar-refractivity contribution in [2.45, 2.75) is 25.6 Å². The molecule has 0 fully saturated rings. The van der Waals surface area contributed by atoms with Crippen molar-refractivity contribution in [3.05, 3.63) is 45.9 Å². The molecule has 0 amide bonds. The number of hydrogen-bond acceptors (Lipinski definition) is 4. The van der Waals surface area contributed by atoms with Crippen molar-refractivity contribution in [1.29, 1.82) is 0 Å². The van der Waals surface area contributed by atoms with Gasteiger partial charge in [-0.15, -0.1) is 11.3 Å². The number of fused-ring (bicyclic) bond motifs is 1. The van der Waals surface area contributed by atoms with Crippen LogP contribution in [0.4, 0.5) is 0 Å². The minimum atomic E-state index is -0.294. The third kappa shape index (κ3) is 2.18. The second kappa shape index (κ2) is 4.47. The van der Waals surface area contributed by atoms with Crippen molar-refractivity contribution < 1.29 is 9.84 Å². The van der Waals surface area contributed by atoms with Crippen molar-refractivity contribution in [3.63, 3.8) is 0 Å². The number of aromatic nitrogens is 1. The first-order valence-electron chi connectivity index (χ1n) is 5.63. The summed E-state index contributed by atoms with van der Waals surface area (Å²) in [5, 5.41) is 11.7. The summed E-state index contributed by atoms with van der Waals surface area (Å²) in [6.07, 6.45) is 1.47. The molecule has 3 nitrogen and oxygen atoms in total. The van der Waals surface area contributed by atoms with Gasteiger partial charge < -0.3 is 9.84 Å². The molecule has 0 unspecified atom stereocenters. The lowest BCUT2D eigenvalue weighted by atomic mass is 10.1. The maximum Gasteiger partial charge on any atom is 0.131 e. The van der Waals surface area contributed by atoms with Crippen molar-refractivity contribution in [1.82, 2.24) is 4.98 Å². The van der Waals surface area contributed by atoms with Gasteiger partial charge in [-0.25, -0.2) is 4.98 Å². The quantitative estimate of drug-likeness (QED) is 0.906. The van der Waals surface area contributed by atoms with Gasteiger partial charge in [0.25, 0.3) is 0 Å². The summed E-state index contributed by atoms with van der Waals surface area (Å²) >= 11 is 1.57. The van der Waals surface area contributed by atoms with Gasteiger partial charge in [-0.05, 0) is 36.1 Å². The van der Waals surface area contributed by atoms with Crippen LogP contribution < -0.4 is 4.74 Å². The molecule has 17 heavy (non-hydrogen) atoms. The molecule has 0 spiro atoms. The van der Waals surface area contributed by atoms with E-state index in [0.717, 1.165) is 29.8 Å². The molecule has 0 bridgehead atoms. The average Bonchev–Trinajstić information content (AvgIpc) is 2.97. The van der Waals surface area contributed by atoms with Gasteiger partial charge in [0.2, 0.25) is 0 Å². The largest absolute Gasteiger partial charge is 0.487 e. The molecular weight excluding hydrogens is 234 g/mol. The van der Waals surface area contributed by atoms with E-state index in [-0.39, 0.29) is 6.10 Å². The van der Waals surface area contributed by atoms with Gasteiger partial charge in [-0.1, -0.05) is 6.07 Å². The number of thiazole rings is 1. The van der Waals surface area contributed by atoms with Gasteiger partial charge in [-0.2, -0.15) is 0 Å². The van der Waals surface area contributed by atoms with E-state index < -0.39 is 0 Å². The number of aliphatic hydroxyl groups is 1. The lowest BCUT2D eigenvalue weighted by Crippen LogP contribution is -1.96. The third-order valence-electron chi connectivity index (χ3n) is 3.03. The van der Waals surface area contributed by atoms with Crippen LogP contribution in [0.3, 0.4) is 0 Å². The zero-order valence-electron chi connectivity index (χ0n) is 9.30. The fraction of sp³-hybridized carbons (Fsp3) is 0.308. The standard InChI is InChI=1S/C13H13NO2S/c15-13-4-1-9-5-11(2-3-12(9)13)16-6-10-7-17-8-14-10/h2-3,5,7-8,13,15H,1,4,6H2/t13-/m0/s1. The SMILES string of the molecule is O[C@H]1CCc2cc(OCc3cscn3)ccc21. The summed E-state index contributed by atoms with van der Waals surface area (Å²) in [6.45, 7) is 0.505. The van der Waals surface area contributed by atoms with Gasteiger partial charge in [-0.3, -0.25) is 0 Å². The number of nitrogens with zero attached hydrogens (tertiary/aromatic N) is 1. The molecule has 1 aromatic carbocycles. The molecule has 88 valence electrons.